The fourth-order valence-electron chi connectivity index (χ4n) is 1.97. The average molecular weight is 272 g/mol. The van der Waals surface area contributed by atoms with Crippen LogP contribution in [0.15, 0.2) is 15.7 Å². The van der Waals surface area contributed by atoms with Crippen LogP contribution in [0.4, 0.5) is 0 Å². The van der Waals surface area contributed by atoms with Crippen LogP contribution >= 0.6 is 0 Å². The number of carbonyl (C=O) groups is 1. The van der Waals surface area contributed by atoms with Crippen LogP contribution < -0.4 is 11.2 Å². The van der Waals surface area contributed by atoms with Gasteiger partial charge < -0.3 is 20.1 Å². The lowest BCUT2D eigenvalue weighted by Crippen LogP contribution is -2.39. The highest BCUT2D eigenvalue weighted by atomic mass is 16.6. The normalized spacial score (nSPS) is 30.5. The van der Waals surface area contributed by atoms with Crippen molar-refractivity contribution in [3.05, 3.63) is 32.6 Å². The average Bonchev–Trinajstić information content (AvgIpc) is 2.65. The third-order valence-corrected chi connectivity index (χ3v) is 2.90. The zero-order valence-electron chi connectivity index (χ0n) is 9.59. The summed E-state index contributed by atoms with van der Waals surface area (Å²) in [6, 6.07) is 0.864. The summed E-state index contributed by atoms with van der Waals surface area (Å²) in [5.41, 5.74) is -2.02. The molecule has 2 rings (SSSR count). The molecule has 104 valence electrons. The molecule has 2 heterocycles. The highest BCUT2D eigenvalue weighted by molar-refractivity contribution is 5.71. The molecule has 0 saturated carbocycles. The number of aromatic nitrogens is 2. The molecule has 1 aromatic rings. The molecule has 1 aromatic heterocycles. The molecule has 1 aliphatic rings. The Balaban J connectivity index is 2.51. The lowest BCUT2D eigenvalue weighted by atomic mass is 10.1. The van der Waals surface area contributed by atoms with Gasteiger partial charge in [0.25, 0.3) is 5.56 Å². The van der Waals surface area contributed by atoms with E-state index in [1.54, 1.807) is 0 Å². The van der Waals surface area contributed by atoms with Gasteiger partial charge in [-0.15, -0.1) is 0 Å². The van der Waals surface area contributed by atoms with Crippen molar-refractivity contribution in [3.8, 4) is 0 Å². The minimum atomic E-state index is -1.51. The van der Waals surface area contributed by atoms with Crippen molar-refractivity contribution in [2.75, 3.05) is 6.61 Å². The summed E-state index contributed by atoms with van der Waals surface area (Å²) in [4.78, 5) is 35.5. The summed E-state index contributed by atoms with van der Waals surface area (Å²) in [6.07, 6.45) is -5.12. The molecule has 0 aromatic carbocycles. The summed E-state index contributed by atoms with van der Waals surface area (Å²) < 4.78 is 5.84. The Morgan fingerprint density at radius 3 is 2.58 bits per heavy atom. The van der Waals surface area contributed by atoms with Crippen molar-refractivity contribution in [1.29, 1.82) is 0 Å². The highest BCUT2D eigenvalue weighted by Crippen LogP contribution is 2.28. The van der Waals surface area contributed by atoms with Gasteiger partial charge in [-0.2, -0.15) is 0 Å². The van der Waals surface area contributed by atoms with E-state index in [0.717, 1.165) is 10.6 Å². The molecule has 9 nitrogen and oxygen atoms in total. The molecular weight excluding hydrogens is 260 g/mol. The van der Waals surface area contributed by atoms with Crippen molar-refractivity contribution in [1.82, 2.24) is 9.55 Å². The van der Waals surface area contributed by atoms with Gasteiger partial charge >= 0.3 is 5.69 Å². The molecule has 4 N–H and O–H groups in total. The number of hydrogen-bond donors (Lipinski definition) is 4. The maximum Gasteiger partial charge on any atom is 0.331 e. The van der Waals surface area contributed by atoms with E-state index < -0.39 is 42.4 Å². The standard InChI is InChI=1S/C10H12N2O7/c13-2-4-1-6(15)11-10(18)12(4)9-8(17)7(16)5(3-14)19-9/h1-2,5,7-9,14,16-17H,3H2,(H,11,15,18)/t5-,7-,8+,9-/m1/s1. The molecule has 9 heteroatoms. The van der Waals surface area contributed by atoms with Crippen LogP contribution in [0, 0.1) is 0 Å². The number of H-pyrrole nitrogens is 1. The zero-order valence-corrected chi connectivity index (χ0v) is 9.59. The molecule has 0 aliphatic carbocycles. The number of nitrogens with zero attached hydrogens (tertiary/aromatic N) is 1. The van der Waals surface area contributed by atoms with E-state index in [1.165, 1.54) is 0 Å². The molecular formula is C10H12N2O7. The Labute approximate surface area is 105 Å². The quantitative estimate of drug-likeness (QED) is 0.428. The van der Waals surface area contributed by atoms with Crippen LogP contribution in [-0.4, -0.2) is 56.1 Å². The van der Waals surface area contributed by atoms with Gasteiger partial charge in [-0.3, -0.25) is 19.1 Å². The van der Waals surface area contributed by atoms with Gasteiger partial charge in [-0.1, -0.05) is 0 Å². The molecule has 0 bridgehead atoms. The zero-order chi connectivity index (χ0) is 14.2. The summed E-state index contributed by atoms with van der Waals surface area (Å²) in [6.45, 7) is -0.566. The molecule has 0 spiro atoms. The minimum absolute atomic E-state index is 0.255. The number of nitrogens with one attached hydrogen (secondary N) is 1. The fraction of sp³-hybridized carbons (Fsp3) is 0.500. The van der Waals surface area contributed by atoms with Gasteiger partial charge in [0.2, 0.25) is 0 Å². The van der Waals surface area contributed by atoms with E-state index in [0.29, 0.717) is 0 Å². The van der Waals surface area contributed by atoms with Crippen LogP contribution in [0.3, 0.4) is 0 Å². The molecule has 0 amide bonds. The lowest BCUT2D eigenvalue weighted by Gasteiger charge is -2.18. The Morgan fingerprint density at radius 1 is 1.37 bits per heavy atom. The smallest absolute Gasteiger partial charge is 0.331 e. The number of hydrogen-bond acceptors (Lipinski definition) is 7. The first-order valence-electron chi connectivity index (χ1n) is 5.43. The summed E-state index contributed by atoms with van der Waals surface area (Å²) >= 11 is 0. The number of aldehydes is 1. The number of rotatable bonds is 3. The van der Waals surface area contributed by atoms with Gasteiger partial charge in [0.1, 0.15) is 18.3 Å². The van der Waals surface area contributed by atoms with Crippen LogP contribution in [0.25, 0.3) is 0 Å². The van der Waals surface area contributed by atoms with Crippen molar-refractivity contribution in [2.45, 2.75) is 24.5 Å². The van der Waals surface area contributed by atoms with Crippen LogP contribution in [0.1, 0.15) is 16.7 Å². The van der Waals surface area contributed by atoms with Gasteiger partial charge in [0.15, 0.2) is 12.5 Å². The highest BCUT2D eigenvalue weighted by Gasteiger charge is 2.44. The van der Waals surface area contributed by atoms with E-state index in [2.05, 4.69) is 0 Å². The minimum Gasteiger partial charge on any atom is -0.394 e. The van der Waals surface area contributed by atoms with Crippen LogP contribution in [0.2, 0.25) is 0 Å². The number of ether oxygens (including phenoxy) is 1. The number of aliphatic hydroxyl groups excluding tert-OH is 3. The third kappa shape index (κ3) is 2.24. The van der Waals surface area contributed by atoms with Crippen LogP contribution in [-0.2, 0) is 4.74 Å². The van der Waals surface area contributed by atoms with Gasteiger partial charge in [0, 0.05) is 6.07 Å². The second-order valence-corrected chi connectivity index (χ2v) is 4.08. The predicted octanol–water partition coefficient (Wildman–Crippen LogP) is -3.04. The summed E-state index contributed by atoms with van der Waals surface area (Å²) in [5.74, 6) is 0. The first kappa shape index (κ1) is 13.6. The lowest BCUT2D eigenvalue weighted by molar-refractivity contribution is -0.0555. The number of carbonyl (C=O) groups excluding carboxylic acids is 1. The topological polar surface area (TPSA) is 142 Å². The first-order valence-corrected chi connectivity index (χ1v) is 5.43. The largest absolute Gasteiger partial charge is 0.394 e. The Bertz CT molecular complexity index is 592. The second-order valence-electron chi connectivity index (χ2n) is 4.08. The number of aromatic amines is 1. The Morgan fingerprint density at radius 2 is 2.05 bits per heavy atom. The maximum absolute atomic E-state index is 11.7. The molecule has 0 radical (unpaired) electrons. The molecule has 4 atom stereocenters. The molecule has 1 aliphatic heterocycles. The van der Waals surface area contributed by atoms with Crippen molar-refractivity contribution in [2.24, 2.45) is 0 Å². The van der Waals surface area contributed by atoms with E-state index in [1.807, 2.05) is 4.98 Å². The molecule has 1 saturated heterocycles. The summed E-state index contributed by atoms with van der Waals surface area (Å²) in [7, 11) is 0. The summed E-state index contributed by atoms with van der Waals surface area (Å²) in [5, 5.41) is 28.3. The monoisotopic (exact) mass is 272 g/mol. The van der Waals surface area contributed by atoms with Crippen molar-refractivity contribution < 1.29 is 24.9 Å². The van der Waals surface area contributed by atoms with E-state index in [-0.39, 0.29) is 12.0 Å². The SMILES string of the molecule is O=Cc1cc(=O)[nH]c(=O)n1[C@@H]1O[C@H](CO)[C@@H](O)[C@@H]1O. The Hall–Kier alpha value is -1.81. The third-order valence-electron chi connectivity index (χ3n) is 2.90. The first-order chi connectivity index (χ1) is 8.99. The van der Waals surface area contributed by atoms with Crippen molar-refractivity contribution >= 4 is 6.29 Å². The molecule has 0 unspecified atom stereocenters. The van der Waals surface area contributed by atoms with Crippen LogP contribution in [0.5, 0.6) is 0 Å². The van der Waals surface area contributed by atoms with E-state index in [9.17, 15) is 24.6 Å². The Kier molecular flexibility index (Phi) is 3.62. The van der Waals surface area contributed by atoms with Crippen molar-refractivity contribution in [3.63, 3.8) is 0 Å². The molecule has 1 fully saturated rings. The number of aliphatic hydroxyl groups is 3. The second kappa shape index (κ2) is 5.05. The van der Waals surface area contributed by atoms with Gasteiger partial charge in [-0.25, -0.2) is 4.79 Å². The van der Waals surface area contributed by atoms with Gasteiger partial charge in [-0.05, 0) is 0 Å². The maximum atomic E-state index is 11.7. The van der Waals surface area contributed by atoms with Gasteiger partial charge in [0.05, 0.1) is 12.3 Å². The van der Waals surface area contributed by atoms with E-state index in [4.69, 9.17) is 9.84 Å². The fourth-order valence-corrected chi connectivity index (χ4v) is 1.97. The predicted molar refractivity (Wildman–Crippen MR) is 59.7 cm³/mol. The van der Waals surface area contributed by atoms with E-state index >= 15 is 0 Å². The molecule has 19 heavy (non-hydrogen) atoms.